The van der Waals surface area contributed by atoms with Crippen molar-refractivity contribution in [2.24, 2.45) is 0 Å². The van der Waals surface area contributed by atoms with Gasteiger partial charge in [0.25, 0.3) is 5.91 Å². The Labute approximate surface area is 229 Å². The predicted molar refractivity (Wildman–Crippen MR) is 150 cm³/mol. The van der Waals surface area contributed by atoms with Gasteiger partial charge < -0.3 is 23.5 Å². The molecular formula is C31H38N2O6. The molecule has 208 valence electrons. The summed E-state index contributed by atoms with van der Waals surface area (Å²) >= 11 is 0. The van der Waals surface area contributed by atoms with Crippen LogP contribution in [0.1, 0.15) is 65.5 Å². The lowest BCUT2D eigenvalue weighted by molar-refractivity contribution is 0.0314. The third kappa shape index (κ3) is 5.40. The van der Waals surface area contributed by atoms with Gasteiger partial charge in [0.1, 0.15) is 5.58 Å². The van der Waals surface area contributed by atoms with Crippen LogP contribution in [0.2, 0.25) is 0 Å². The minimum Gasteiger partial charge on any atom is -0.490 e. The molecule has 2 aliphatic heterocycles. The molecule has 8 heteroatoms. The van der Waals surface area contributed by atoms with Crippen molar-refractivity contribution in [2.45, 2.75) is 46.6 Å². The number of hydrogen-bond acceptors (Lipinski definition) is 7. The molecule has 0 aliphatic carbocycles. The van der Waals surface area contributed by atoms with Gasteiger partial charge in [0, 0.05) is 26.2 Å². The largest absolute Gasteiger partial charge is 0.490 e. The zero-order chi connectivity index (χ0) is 27.5. The average Bonchev–Trinajstić information content (AvgIpc) is 3.21. The molecular weight excluding hydrogens is 496 g/mol. The van der Waals surface area contributed by atoms with Crippen LogP contribution in [0.5, 0.6) is 11.5 Å². The smallest absolute Gasteiger partial charge is 0.290 e. The standard InChI is InChI=1S/C31H38N2O6/c1-5-7-14-38-24-9-8-22(19-26(24)37-6-2)28-27-29(34)23-17-20(3)21(4)18-25(23)39-30(27)31(35)33(28)11-10-32-12-15-36-16-13-32/h8-9,17-19,28H,5-7,10-16H2,1-4H3. The molecule has 8 nitrogen and oxygen atoms in total. The molecule has 3 heterocycles. The summed E-state index contributed by atoms with van der Waals surface area (Å²) in [6.45, 7) is 13.2. The molecule has 2 aromatic carbocycles. The van der Waals surface area contributed by atoms with Crippen LogP contribution in [0.4, 0.5) is 0 Å². The lowest BCUT2D eigenvalue weighted by Crippen LogP contribution is -2.42. The maximum absolute atomic E-state index is 14.0. The fraction of sp³-hybridized carbons (Fsp3) is 0.484. The van der Waals surface area contributed by atoms with Crippen LogP contribution in [0.25, 0.3) is 11.0 Å². The fourth-order valence-electron chi connectivity index (χ4n) is 5.34. The number of benzene rings is 2. The molecule has 1 aromatic heterocycles. The molecule has 2 aliphatic rings. The number of nitrogens with zero attached hydrogens (tertiary/aromatic N) is 2. The highest BCUT2D eigenvalue weighted by Gasteiger charge is 2.43. The van der Waals surface area contributed by atoms with Gasteiger partial charge in [-0.3, -0.25) is 14.5 Å². The number of fused-ring (bicyclic) bond motifs is 2. The number of rotatable bonds is 10. The predicted octanol–water partition coefficient (Wildman–Crippen LogP) is 4.86. The molecule has 0 bridgehead atoms. The van der Waals surface area contributed by atoms with Crippen molar-refractivity contribution in [1.82, 2.24) is 9.80 Å². The summed E-state index contributed by atoms with van der Waals surface area (Å²) in [4.78, 5) is 31.9. The van der Waals surface area contributed by atoms with E-state index in [1.54, 1.807) is 4.90 Å². The van der Waals surface area contributed by atoms with Crippen molar-refractivity contribution in [3.8, 4) is 11.5 Å². The van der Waals surface area contributed by atoms with Crippen molar-refractivity contribution in [2.75, 3.05) is 52.6 Å². The first-order chi connectivity index (χ1) is 18.9. The van der Waals surface area contributed by atoms with Crippen LogP contribution in [0.15, 0.2) is 39.5 Å². The van der Waals surface area contributed by atoms with Gasteiger partial charge in [-0.2, -0.15) is 0 Å². The van der Waals surface area contributed by atoms with Crippen LogP contribution >= 0.6 is 0 Å². The zero-order valence-corrected chi connectivity index (χ0v) is 23.4. The van der Waals surface area contributed by atoms with Crippen molar-refractivity contribution >= 4 is 16.9 Å². The molecule has 5 rings (SSSR count). The van der Waals surface area contributed by atoms with Crippen molar-refractivity contribution in [1.29, 1.82) is 0 Å². The van der Waals surface area contributed by atoms with Gasteiger partial charge in [0.15, 0.2) is 16.9 Å². The Kier molecular flexibility index (Phi) is 8.23. The first-order valence-electron chi connectivity index (χ1n) is 14.0. The fourth-order valence-corrected chi connectivity index (χ4v) is 5.34. The summed E-state index contributed by atoms with van der Waals surface area (Å²) in [5.74, 6) is 1.14. The second-order valence-corrected chi connectivity index (χ2v) is 10.3. The average molecular weight is 535 g/mol. The molecule has 1 atom stereocenters. The van der Waals surface area contributed by atoms with Gasteiger partial charge in [-0.25, -0.2) is 0 Å². The van der Waals surface area contributed by atoms with E-state index in [2.05, 4.69) is 11.8 Å². The molecule has 0 saturated carbocycles. The van der Waals surface area contributed by atoms with Gasteiger partial charge in [0.05, 0.1) is 43.4 Å². The van der Waals surface area contributed by atoms with Gasteiger partial charge in [0.2, 0.25) is 5.76 Å². The van der Waals surface area contributed by atoms with Gasteiger partial charge in [-0.05, 0) is 68.1 Å². The number of unbranched alkanes of at least 4 members (excludes halogenated alkanes) is 1. The maximum atomic E-state index is 14.0. The summed E-state index contributed by atoms with van der Waals surface area (Å²) in [5, 5.41) is 0.495. The zero-order valence-electron chi connectivity index (χ0n) is 23.4. The van der Waals surface area contributed by atoms with Gasteiger partial charge in [-0.15, -0.1) is 0 Å². The Bertz CT molecular complexity index is 1410. The second-order valence-electron chi connectivity index (χ2n) is 10.3. The highest BCUT2D eigenvalue weighted by Crippen LogP contribution is 2.41. The topological polar surface area (TPSA) is 81.5 Å². The molecule has 1 saturated heterocycles. The highest BCUT2D eigenvalue weighted by molar-refractivity contribution is 5.99. The molecule has 1 amide bonds. The molecule has 0 radical (unpaired) electrons. The molecule has 0 N–H and O–H groups in total. The van der Waals surface area contributed by atoms with Crippen LogP contribution < -0.4 is 14.9 Å². The van der Waals surface area contributed by atoms with Gasteiger partial charge in [-0.1, -0.05) is 19.4 Å². The van der Waals surface area contributed by atoms with Crippen molar-refractivity contribution < 1.29 is 23.4 Å². The first kappa shape index (κ1) is 27.2. The Morgan fingerprint density at radius 1 is 0.949 bits per heavy atom. The Hall–Kier alpha value is -3.36. The Morgan fingerprint density at radius 3 is 2.46 bits per heavy atom. The van der Waals surface area contributed by atoms with E-state index < -0.39 is 6.04 Å². The van der Waals surface area contributed by atoms with E-state index in [1.807, 2.05) is 51.1 Å². The summed E-state index contributed by atoms with van der Waals surface area (Å²) < 4.78 is 23.6. The lowest BCUT2D eigenvalue weighted by atomic mass is 9.97. The number of morpholine rings is 1. The van der Waals surface area contributed by atoms with E-state index in [-0.39, 0.29) is 17.1 Å². The third-order valence-corrected chi connectivity index (χ3v) is 7.68. The van der Waals surface area contributed by atoms with Crippen LogP contribution in [-0.4, -0.2) is 68.3 Å². The van der Waals surface area contributed by atoms with E-state index in [0.29, 0.717) is 67.5 Å². The molecule has 39 heavy (non-hydrogen) atoms. The Morgan fingerprint density at radius 2 is 1.72 bits per heavy atom. The van der Waals surface area contributed by atoms with E-state index in [0.717, 1.165) is 42.6 Å². The van der Waals surface area contributed by atoms with E-state index in [1.165, 1.54) is 0 Å². The number of hydrogen-bond donors (Lipinski definition) is 0. The molecule has 1 fully saturated rings. The quantitative estimate of drug-likeness (QED) is 0.344. The minimum absolute atomic E-state index is 0.129. The Balaban J connectivity index is 1.60. The van der Waals surface area contributed by atoms with Crippen molar-refractivity contribution in [3.63, 3.8) is 0 Å². The number of carbonyl (C=O) groups excluding carboxylic acids is 1. The summed E-state index contributed by atoms with van der Waals surface area (Å²) in [6, 6.07) is 8.85. The second kappa shape index (κ2) is 11.8. The molecule has 1 unspecified atom stereocenters. The number of aryl methyl sites for hydroxylation is 2. The maximum Gasteiger partial charge on any atom is 0.290 e. The van der Waals surface area contributed by atoms with E-state index in [9.17, 15) is 9.59 Å². The summed E-state index contributed by atoms with van der Waals surface area (Å²) in [5.41, 5.74) is 3.48. The minimum atomic E-state index is -0.584. The van der Waals surface area contributed by atoms with E-state index >= 15 is 0 Å². The monoisotopic (exact) mass is 534 g/mol. The number of amides is 1. The summed E-state index contributed by atoms with van der Waals surface area (Å²) in [6.07, 6.45) is 1.98. The molecule has 3 aromatic rings. The highest BCUT2D eigenvalue weighted by atomic mass is 16.5. The van der Waals surface area contributed by atoms with Crippen LogP contribution in [-0.2, 0) is 4.74 Å². The first-order valence-corrected chi connectivity index (χ1v) is 14.0. The lowest BCUT2D eigenvalue weighted by Gasteiger charge is -2.31. The normalized spacial score (nSPS) is 17.6. The van der Waals surface area contributed by atoms with Gasteiger partial charge >= 0.3 is 0 Å². The SMILES string of the molecule is CCCCOc1ccc(C2c3c(oc4cc(C)c(C)cc4c3=O)C(=O)N2CCN2CCOCC2)cc1OCC. The van der Waals surface area contributed by atoms with Crippen LogP contribution in [0, 0.1) is 13.8 Å². The number of carbonyl (C=O) groups is 1. The van der Waals surface area contributed by atoms with Crippen LogP contribution in [0.3, 0.4) is 0 Å². The number of ether oxygens (including phenoxy) is 3. The van der Waals surface area contributed by atoms with E-state index in [4.69, 9.17) is 18.6 Å². The summed E-state index contributed by atoms with van der Waals surface area (Å²) in [7, 11) is 0. The van der Waals surface area contributed by atoms with Crippen molar-refractivity contribution in [3.05, 3.63) is 68.6 Å². The molecule has 0 spiro atoms. The third-order valence-electron chi connectivity index (χ3n) is 7.68.